The molecule has 2 aromatic carbocycles. The van der Waals surface area contributed by atoms with Crippen LogP contribution < -0.4 is 0 Å². The molecule has 0 spiro atoms. The molecule has 1 aromatic heterocycles. The van der Waals surface area contributed by atoms with E-state index in [1.54, 1.807) is 29.2 Å². The number of halogens is 3. The second-order valence-corrected chi connectivity index (χ2v) is 13.0. The average molecular weight is 606 g/mol. The number of sulfonamides is 1. The molecule has 3 heterocycles. The Morgan fingerprint density at radius 3 is 2.02 bits per heavy atom. The first kappa shape index (κ1) is 30.1. The minimum atomic E-state index is -4.58. The first-order valence-corrected chi connectivity index (χ1v) is 15.7. The van der Waals surface area contributed by atoms with Crippen molar-refractivity contribution in [1.29, 1.82) is 0 Å². The fourth-order valence-corrected chi connectivity index (χ4v) is 6.44. The predicted octanol–water partition coefficient (Wildman–Crippen LogP) is 3.53. The maximum atomic E-state index is 13.8. The topological polar surface area (TPSA) is 86.2 Å². The Bertz CT molecular complexity index is 1600. The molecular weight excluding hydrogens is 571 g/mol. The van der Waals surface area contributed by atoms with Gasteiger partial charge >= 0.3 is 6.18 Å². The standard InChI is InChI=1S/C29H34F3N5O4S/c1-20(2)33-9-11-34(12-10-33)27(38)21-7-8-25-22(17-21)18-26(28(39)35-13-15-36(16-14-35)42(3,40)41)37(25)24-6-4-5-23(19-24)29(30,31)32/h4-8,17-20H,9-16H2,1-3H3. The van der Waals surface area contributed by atoms with Crippen molar-refractivity contribution in [2.75, 3.05) is 58.6 Å². The first-order chi connectivity index (χ1) is 19.7. The molecule has 2 aliphatic heterocycles. The van der Waals surface area contributed by atoms with Crippen LogP contribution in [0.3, 0.4) is 0 Å². The van der Waals surface area contributed by atoms with Crippen molar-refractivity contribution in [1.82, 2.24) is 23.6 Å². The first-order valence-electron chi connectivity index (χ1n) is 13.8. The van der Waals surface area contributed by atoms with E-state index in [0.29, 0.717) is 35.6 Å². The zero-order chi connectivity index (χ0) is 30.4. The van der Waals surface area contributed by atoms with Crippen LogP contribution in [0.25, 0.3) is 16.6 Å². The molecule has 0 unspecified atom stereocenters. The minimum Gasteiger partial charge on any atom is -0.336 e. The number of hydrogen-bond acceptors (Lipinski definition) is 5. The van der Waals surface area contributed by atoms with Gasteiger partial charge in [-0.1, -0.05) is 6.07 Å². The van der Waals surface area contributed by atoms with Gasteiger partial charge in [0.25, 0.3) is 11.8 Å². The molecule has 226 valence electrons. The Morgan fingerprint density at radius 2 is 1.43 bits per heavy atom. The van der Waals surface area contributed by atoms with Crippen LogP contribution in [0.2, 0.25) is 0 Å². The number of fused-ring (bicyclic) bond motifs is 1. The molecule has 0 atom stereocenters. The Morgan fingerprint density at radius 1 is 0.810 bits per heavy atom. The molecule has 0 N–H and O–H groups in total. The number of benzene rings is 2. The number of carbonyl (C=O) groups is 2. The van der Waals surface area contributed by atoms with E-state index in [1.165, 1.54) is 25.9 Å². The van der Waals surface area contributed by atoms with Crippen LogP contribution in [-0.2, 0) is 16.2 Å². The molecular formula is C29H34F3N5O4S. The van der Waals surface area contributed by atoms with Gasteiger partial charge in [0, 0.05) is 75.0 Å². The van der Waals surface area contributed by atoms with Gasteiger partial charge in [0.05, 0.1) is 17.3 Å². The third-order valence-electron chi connectivity index (χ3n) is 8.03. The predicted molar refractivity (Wildman–Crippen MR) is 153 cm³/mol. The van der Waals surface area contributed by atoms with Crippen molar-refractivity contribution in [3.63, 3.8) is 0 Å². The number of carbonyl (C=O) groups excluding carboxylic acids is 2. The largest absolute Gasteiger partial charge is 0.416 e. The molecule has 2 saturated heterocycles. The maximum Gasteiger partial charge on any atom is 0.416 e. The summed E-state index contributed by atoms with van der Waals surface area (Å²) < 4.78 is 67.5. The molecule has 9 nitrogen and oxygen atoms in total. The monoisotopic (exact) mass is 605 g/mol. The fourth-order valence-electron chi connectivity index (χ4n) is 5.61. The summed E-state index contributed by atoms with van der Waals surface area (Å²) in [6.07, 6.45) is -3.47. The highest BCUT2D eigenvalue weighted by Crippen LogP contribution is 2.33. The zero-order valence-electron chi connectivity index (χ0n) is 23.8. The maximum absolute atomic E-state index is 13.8. The molecule has 0 radical (unpaired) electrons. The lowest BCUT2D eigenvalue weighted by molar-refractivity contribution is -0.137. The summed E-state index contributed by atoms with van der Waals surface area (Å²) in [7, 11) is -3.41. The van der Waals surface area contributed by atoms with Gasteiger partial charge in [-0.3, -0.25) is 14.5 Å². The van der Waals surface area contributed by atoms with Crippen molar-refractivity contribution in [2.24, 2.45) is 0 Å². The molecule has 13 heteroatoms. The average Bonchev–Trinajstić information content (AvgIpc) is 3.34. The van der Waals surface area contributed by atoms with Crippen LogP contribution in [0, 0.1) is 0 Å². The summed E-state index contributed by atoms with van der Waals surface area (Å²) in [5.74, 6) is -0.577. The van der Waals surface area contributed by atoms with E-state index >= 15 is 0 Å². The van der Waals surface area contributed by atoms with E-state index in [4.69, 9.17) is 0 Å². The normalized spacial score (nSPS) is 17.8. The van der Waals surface area contributed by atoms with Crippen molar-refractivity contribution in [2.45, 2.75) is 26.1 Å². The van der Waals surface area contributed by atoms with Gasteiger partial charge in [0.15, 0.2) is 0 Å². The van der Waals surface area contributed by atoms with Crippen LogP contribution in [0.4, 0.5) is 13.2 Å². The Balaban J connectivity index is 1.52. The van der Waals surface area contributed by atoms with Crippen LogP contribution in [-0.4, -0.2) is 108 Å². The van der Waals surface area contributed by atoms with Gasteiger partial charge in [0.2, 0.25) is 10.0 Å². The summed E-state index contributed by atoms with van der Waals surface area (Å²) in [5.41, 5.74) is 0.347. The number of aromatic nitrogens is 1. The quantitative estimate of drug-likeness (QED) is 0.445. The zero-order valence-corrected chi connectivity index (χ0v) is 24.6. The number of alkyl halides is 3. The van der Waals surface area contributed by atoms with E-state index in [1.807, 2.05) is 0 Å². The van der Waals surface area contributed by atoms with Gasteiger partial charge in [-0.05, 0) is 56.3 Å². The summed E-state index contributed by atoms with van der Waals surface area (Å²) in [6, 6.07) is 11.7. The molecule has 5 rings (SSSR count). The molecule has 2 amide bonds. The second kappa shape index (κ2) is 11.3. The lowest BCUT2D eigenvalue weighted by atomic mass is 10.1. The Labute approximate surface area is 243 Å². The summed E-state index contributed by atoms with van der Waals surface area (Å²) in [4.78, 5) is 32.8. The van der Waals surface area contributed by atoms with Gasteiger partial charge in [-0.2, -0.15) is 17.5 Å². The molecule has 2 fully saturated rings. The van der Waals surface area contributed by atoms with Gasteiger partial charge in [0.1, 0.15) is 5.69 Å². The highest BCUT2D eigenvalue weighted by molar-refractivity contribution is 7.88. The number of amides is 2. The summed E-state index contributed by atoms with van der Waals surface area (Å²) in [5, 5.41) is 0.539. The third kappa shape index (κ3) is 6.04. The number of rotatable bonds is 5. The van der Waals surface area contributed by atoms with E-state index in [-0.39, 0.29) is 43.5 Å². The van der Waals surface area contributed by atoms with Gasteiger partial charge in [-0.15, -0.1) is 0 Å². The summed E-state index contributed by atoms with van der Waals surface area (Å²) in [6.45, 7) is 7.47. The van der Waals surface area contributed by atoms with Crippen molar-refractivity contribution in [3.05, 3.63) is 65.4 Å². The Hall–Kier alpha value is -3.42. The SMILES string of the molecule is CC(C)N1CCN(C(=O)c2ccc3c(c2)cc(C(=O)N2CCN(S(C)(=O)=O)CC2)n3-c2cccc(C(F)(F)F)c2)CC1. The molecule has 0 aliphatic carbocycles. The van der Waals surface area contributed by atoms with E-state index in [0.717, 1.165) is 31.5 Å². The minimum absolute atomic E-state index is 0.122. The number of hydrogen-bond donors (Lipinski definition) is 0. The van der Waals surface area contributed by atoms with Crippen LogP contribution in [0.5, 0.6) is 0 Å². The lowest BCUT2D eigenvalue weighted by Crippen LogP contribution is -2.50. The lowest BCUT2D eigenvalue weighted by Gasteiger charge is -2.37. The third-order valence-corrected chi connectivity index (χ3v) is 9.33. The van der Waals surface area contributed by atoms with Crippen LogP contribution in [0.1, 0.15) is 40.3 Å². The number of nitrogens with zero attached hydrogens (tertiary/aromatic N) is 5. The molecule has 42 heavy (non-hydrogen) atoms. The van der Waals surface area contributed by atoms with Crippen LogP contribution >= 0.6 is 0 Å². The molecule has 0 saturated carbocycles. The van der Waals surface area contributed by atoms with Crippen molar-refractivity contribution < 1.29 is 31.2 Å². The van der Waals surface area contributed by atoms with Crippen LogP contribution in [0.15, 0.2) is 48.5 Å². The van der Waals surface area contributed by atoms with Gasteiger partial charge < -0.3 is 14.4 Å². The van der Waals surface area contributed by atoms with Crippen molar-refractivity contribution >= 4 is 32.7 Å². The van der Waals surface area contributed by atoms with E-state index < -0.39 is 27.7 Å². The highest BCUT2D eigenvalue weighted by Gasteiger charge is 2.32. The second-order valence-electron chi connectivity index (χ2n) is 11.1. The van der Waals surface area contributed by atoms with E-state index in [9.17, 15) is 31.2 Å². The smallest absolute Gasteiger partial charge is 0.336 e. The van der Waals surface area contributed by atoms with E-state index in [2.05, 4.69) is 18.7 Å². The fraction of sp³-hybridized carbons (Fsp3) is 0.448. The Kier molecular flexibility index (Phi) is 8.12. The molecule has 2 aliphatic rings. The number of piperazine rings is 2. The molecule has 0 bridgehead atoms. The highest BCUT2D eigenvalue weighted by atomic mass is 32.2. The van der Waals surface area contributed by atoms with Gasteiger partial charge in [-0.25, -0.2) is 8.42 Å². The molecule has 3 aromatic rings. The van der Waals surface area contributed by atoms with Crippen molar-refractivity contribution in [3.8, 4) is 5.69 Å². The summed E-state index contributed by atoms with van der Waals surface area (Å²) >= 11 is 0.